The van der Waals surface area contributed by atoms with Gasteiger partial charge in [0.2, 0.25) is 0 Å². The highest BCUT2D eigenvalue weighted by molar-refractivity contribution is 7.37. The highest BCUT2D eigenvalue weighted by Gasteiger charge is 2.55. The Bertz CT molecular complexity index is 2370. The standard InChI is InChI=1S/C48H56BNS3/c1-43(2)20-23-46(7,8)38-33(43)30(26-51-38)50-29-19-18-28(27-16-14-13-15-17-27)31-32-34-39(47(9,10)24-21-44(34,3)4)52-41(32)49(36(29)31)42-37(50)35-40(53-42)48(11,12)25-22-45(35,5)6/h13-19,26H,20-25H2,1-12H3. The first-order valence-corrected chi connectivity index (χ1v) is 22.8. The number of hydrogen-bond donors (Lipinski definition) is 0. The Balaban J connectivity index is 1.38. The SMILES string of the molecule is CC1(C)CCC(C)(C)c2c(N3c4ccc(-c5ccccc5)c5c4B(c4sc6c(c4-5)C(C)(C)CCC6(C)C)c4sc5c(c43)C(C)(C)CCC5(C)C)csc21. The van der Waals surface area contributed by atoms with Crippen molar-refractivity contribution in [3.8, 4) is 22.3 Å². The number of thiophene rings is 3. The summed E-state index contributed by atoms with van der Waals surface area (Å²) < 4.78 is 3.24. The van der Waals surface area contributed by atoms with Crippen molar-refractivity contribution in [3.63, 3.8) is 0 Å². The summed E-state index contributed by atoms with van der Waals surface area (Å²) in [7, 11) is 0. The van der Waals surface area contributed by atoms with Gasteiger partial charge in [-0.25, -0.2) is 0 Å². The van der Waals surface area contributed by atoms with Gasteiger partial charge in [0.05, 0.1) is 11.4 Å². The second-order valence-electron chi connectivity index (χ2n) is 21.2. The van der Waals surface area contributed by atoms with Crippen LogP contribution in [0.3, 0.4) is 0 Å². The summed E-state index contributed by atoms with van der Waals surface area (Å²) in [6.45, 7) is 30.6. The van der Waals surface area contributed by atoms with Gasteiger partial charge in [-0.05, 0) is 126 Å². The first-order valence-electron chi connectivity index (χ1n) is 20.3. The Morgan fingerprint density at radius 2 is 1.04 bits per heavy atom. The van der Waals surface area contributed by atoms with E-state index < -0.39 is 0 Å². The van der Waals surface area contributed by atoms with Crippen molar-refractivity contribution in [3.05, 3.63) is 79.2 Å². The van der Waals surface area contributed by atoms with E-state index in [1.165, 1.54) is 72.3 Å². The number of fused-ring (bicyclic) bond motifs is 10. The van der Waals surface area contributed by atoms with Gasteiger partial charge in [-0.2, -0.15) is 22.7 Å². The molecule has 0 fully saturated rings. The van der Waals surface area contributed by atoms with Crippen LogP contribution in [0.2, 0.25) is 0 Å². The van der Waals surface area contributed by atoms with Crippen LogP contribution in [-0.4, -0.2) is 6.71 Å². The fourth-order valence-corrected chi connectivity index (χ4v) is 16.1. The highest BCUT2D eigenvalue weighted by atomic mass is 32.1. The van der Waals surface area contributed by atoms with Crippen LogP contribution in [0.4, 0.5) is 17.1 Å². The second kappa shape index (κ2) is 10.6. The van der Waals surface area contributed by atoms with E-state index in [0.29, 0.717) is 0 Å². The maximum Gasteiger partial charge on any atom is 0.273 e. The molecule has 0 spiro atoms. The zero-order valence-corrected chi connectivity index (χ0v) is 36.6. The van der Waals surface area contributed by atoms with Crippen molar-refractivity contribution < 1.29 is 0 Å². The lowest BCUT2D eigenvalue weighted by molar-refractivity contribution is 0.338. The minimum absolute atomic E-state index is 0.0997. The third kappa shape index (κ3) is 4.54. The molecule has 0 radical (unpaired) electrons. The molecule has 10 rings (SSSR count). The molecule has 3 aliphatic carbocycles. The molecule has 0 saturated carbocycles. The van der Waals surface area contributed by atoms with E-state index in [9.17, 15) is 0 Å². The van der Waals surface area contributed by atoms with E-state index in [-0.39, 0.29) is 39.2 Å². The average molecular weight is 754 g/mol. The third-order valence-corrected chi connectivity index (χ3v) is 19.3. The molecule has 0 atom stereocenters. The fraction of sp³-hybridized carbons (Fsp3) is 0.500. The molecule has 3 aromatic heterocycles. The van der Waals surface area contributed by atoms with E-state index in [0.717, 1.165) is 0 Å². The molecule has 0 unspecified atom stereocenters. The van der Waals surface area contributed by atoms with Crippen LogP contribution in [-0.2, 0) is 32.5 Å². The number of benzene rings is 2. The summed E-state index contributed by atoms with van der Waals surface area (Å²) in [6, 6.07) is 16.4. The molecule has 1 nitrogen and oxygen atoms in total. The summed E-state index contributed by atoms with van der Waals surface area (Å²) in [5.74, 6) is 0. The molecule has 2 aliphatic heterocycles. The van der Waals surface area contributed by atoms with Gasteiger partial charge in [-0.15, -0.1) is 11.3 Å². The van der Waals surface area contributed by atoms with Crippen LogP contribution in [0, 0.1) is 0 Å². The van der Waals surface area contributed by atoms with Gasteiger partial charge in [-0.3, -0.25) is 0 Å². The quantitative estimate of drug-likeness (QED) is 0.159. The Morgan fingerprint density at radius 3 is 1.68 bits per heavy atom. The summed E-state index contributed by atoms with van der Waals surface area (Å²) in [6.07, 6.45) is 7.41. The van der Waals surface area contributed by atoms with Gasteiger partial charge < -0.3 is 4.90 Å². The molecule has 2 aromatic carbocycles. The number of anilines is 3. The van der Waals surface area contributed by atoms with E-state index in [1.54, 1.807) is 51.9 Å². The Morgan fingerprint density at radius 1 is 0.509 bits per heavy atom. The van der Waals surface area contributed by atoms with Gasteiger partial charge in [0.15, 0.2) is 0 Å². The van der Waals surface area contributed by atoms with Crippen molar-refractivity contribution in [2.45, 2.75) is 154 Å². The first-order chi connectivity index (χ1) is 24.8. The lowest BCUT2D eigenvalue weighted by atomic mass is 9.42. The predicted octanol–water partition coefficient (Wildman–Crippen LogP) is 12.9. The molecule has 5 aliphatic rings. The summed E-state index contributed by atoms with van der Waals surface area (Å²) >= 11 is 6.42. The largest absolute Gasteiger partial charge is 0.309 e. The Hall–Kier alpha value is -2.60. The van der Waals surface area contributed by atoms with Crippen LogP contribution in [0.15, 0.2) is 47.8 Å². The van der Waals surface area contributed by atoms with E-state index in [2.05, 4.69) is 159 Å². The molecule has 0 N–H and O–H groups in total. The Kier molecular flexibility index (Phi) is 6.99. The third-order valence-electron chi connectivity index (χ3n) is 14.7. The van der Waals surface area contributed by atoms with E-state index in [1.807, 2.05) is 11.3 Å². The lowest BCUT2D eigenvalue weighted by Crippen LogP contribution is -2.53. The van der Waals surface area contributed by atoms with Crippen molar-refractivity contribution in [2.24, 2.45) is 0 Å². The van der Waals surface area contributed by atoms with Crippen LogP contribution in [0.1, 0.15) is 153 Å². The van der Waals surface area contributed by atoms with Crippen molar-refractivity contribution in [2.75, 3.05) is 4.90 Å². The van der Waals surface area contributed by atoms with Crippen LogP contribution in [0.25, 0.3) is 22.3 Å². The minimum Gasteiger partial charge on any atom is -0.309 e. The number of nitrogens with zero attached hydrogens (tertiary/aromatic N) is 1. The van der Waals surface area contributed by atoms with Crippen LogP contribution < -0.4 is 19.9 Å². The predicted molar refractivity (Wildman–Crippen MR) is 236 cm³/mol. The monoisotopic (exact) mass is 753 g/mol. The summed E-state index contributed by atoms with van der Waals surface area (Å²) in [4.78, 5) is 7.75. The van der Waals surface area contributed by atoms with Crippen LogP contribution >= 0.6 is 34.0 Å². The van der Waals surface area contributed by atoms with Gasteiger partial charge in [-0.1, -0.05) is 119 Å². The normalized spacial score (nSPS) is 22.7. The highest BCUT2D eigenvalue weighted by Crippen LogP contribution is 2.61. The smallest absolute Gasteiger partial charge is 0.273 e. The second-order valence-corrected chi connectivity index (χ2v) is 24.2. The van der Waals surface area contributed by atoms with E-state index in [4.69, 9.17) is 0 Å². The molecule has 0 amide bonds. The Labute approximate surface area is 331 Å². The first kappa shape index (κ1) is 34.9. The van der Waals surface area contributed by atoms with Gasteiger partial charge in [0.25, 0.3) is 6.71 Å². The van der Waals surface area contributed by atoms with Gasteiger partial charge >= 0.3 is 0 Å². The summed E-state index contributed by atoms with van der Waals surface area (Å²) in [5.41, 5.74) is 17.6. The van der Waals surface area contributed by atoms with Crippen molar-refractivity contribution >= 4 is 72.8 Å². The molecule has 0 bridgehead atoms. The van der Waals surface area contributed by atoms with Crippen molar-refractivity contribution in [1.82, 2.24) is 0 Å². The van der Waals surface area contributed by atoms with E-state index >= 15 is 0 Å². The van der Waals surface area contributed by atoms with Gasteiger partial charge in [0.1, 0.15) is 0 Å². The molecular formula is C48H56BNS3. The molecule has 274 valence electrons. The number of hydrogen-bond acceptors (Lipinski definition) is 4. The minimum atomic E-state index is 0.0997. The summed E-state index contributed by atoms with van der Waals surface area (Å²) in [5, 5.41) is 2.57. The maximum absolute atomic E-state index is 2.86. The fourth-order valence-electron chi connectivity index (χ4n) is 11.2. The zero-order chi connectivity index (χ0) is 37.4. The lowest BCUT2D eigenvalue weighted by Gasteiger charge is -2.45. The van der Waals surface area contributed by atoms with Gasteiger partial charge in [0, 0.05) is 30.5 Å². The molecule has 5 heteroatoms. The van der Waals surface area contributed by atoms with Crippen molar-refractivity contribution in [1.29, 1.82) is 0 Å². The molecular weight excluding hydrogens is 698 g/mol. The molecule has 5 aromatic rings. The zero-order valence-electron chi connectivity index (χ0n) is 34.1. The number of rotatable bonds is 2. The maximum atomic E-state index is 2.86. The molecule has 0 saturated heterocycles. The van der Waals surface area contributed by atoms with Crippen LogP contribution in [0.5, 0.6) is 0 Å². The molecule has 5 heterocycles. The topological polar surface area (TPSA) is 3.24 Å². The molecule has 53 heavy (non-hydrogen) atoms. The average Bonchev–Trinajstić information content (AvgIpc) is 3.87.